The molecular weight excluding hydrogens is 242 g/mol. The van der Waals surface area contributed by atoms with Crippen LogP contribution < -0.4 is 5.73 Å². The molecule has 0 bridgehead atoms. The first-order chi connectivity index (χ1) is 8.06. The number of carboxylic acid groups (broad SMARTS) is 2. The molecule has 5 nitrogen and oxygen atoms in total. The number of carboxylic acids is 2. The highest BCUT2D eigenvalue weighted by Crippen LogP contribution is 2.09. The standard InChI is InChI=1S/C7H11NS.C4H4O4/c8-5-1-3-7-4-2-6-9-7;5-3(6)1-2-4(7)8/h2,4,6H,1,3,5,8H2;1-2H,(H,5,6)(H,7,8)/b;2-1-. The Morgan fingerprint density at radius 2 is 1.88 bits per heavy atom. The SMILES string of the molecule is NCCCc1cccs1.O=C(O)/C=C\C(=O)O. The zero-order valence-electron chi connectivity index (χ0n) is 9.20. The number of thiophene rings is 1. The van der Waals surface area contributed by atoms with Crippen LogP contribution in [0.15, 0.2) is 29.7 Å². The van der Waals surface area contributed by atoms with Crippen LogP contribution in [0.2, 0.25) is 0 Å². The first kappa shape index (κ1) is 15.3. The fourth-order valence-electron chi connectivity index (χ4n) is 0.874. The van der Waals surface area contributed by atoms with Crippen LogP contribution in [0, 0.1) is 0 Å². The molecule has 0 aliphatic rings. The third-order valence-electron chi connectivity index (χ3n) is 1.58. The second-order valence-electron chi connectivity index (χ2n) is 2.98. The van der Waals surface area contributed by atoms with E-state index in [9.17, 15) is 9.59 Å². The molecule has 1 aromatic heterocycles. The Bertz CT molecular complexity index is 344. The van der Waals surface area contributed by atoms with Crippen LogP contribution in [-0.4, -0.2) is 28.7 Å². The minimum absolute atomic E-state index is 0.558. The van der Waals surface area contributed by atoms with E-state index in [4.69, 9.17) is 15.9 Å². The van der Waals surface area contributed by atoms with Gasteiger partial charge >= 0.3 is 11.9 Å². The molecule has 0 spiro atoms. The summed E-state index contributed by atoms with van der Waals surface area (Å²) in [5.41, 5.74) is 5.35. The normalized spacial score (nSPS) is 9.71. The third-order valence-corrected chi connectivity index (χ3v) is 2.51. The van der Waals surface area contributed by atoms with Crippen molar-refractivity contribution in [3.8, 4) is 0 Å². The summed E-state index contributed by atoms with van der Waals surface area (Å²) in [6.07, 6.45) is 3.37. The lowest BCUT2D eigenvalue weighted by atomic mass is 10.3. The minimum atomic E-state index is -1.26. The summed E-state index contributed by atoms with van der Waals surface area (Å²) in [6.45, 7) is 0.803. The minimum Gasteiger partial charge on any atom is -0.478 e. The Labute approximate surface area is 103 Å². The lowest BCUT2D eigenvalue weighted by molar-refractivity contribution is -0.134. The van der Waals surface area contributed by atoms with Crippen molar-refractivity contribution in [1.29, 1.82) is 0 Å². The molecule has 1 rings (SSSR count). The van der Waals surface area contributed by atoms with Crippen LogP contribution >= 0.6 is 11.3 Å². The molecule has 0 aromatic carbocycles. The Morgan fingerprint density at radius 3 is 2.24 bits per heavy atom. The molecule has 0 amide bonds. The van der Waals surface area contributed by atoms with Gasteiger partial charge in [0.15, 0.2) is 0 Å². The van der Waals surface area contributed by atoms with Gasteiger partial charge in [-0.1, -0.05) is 6.07 Å². The lowest BCUT2D eigenvalue weighted by Gasteiger charge is -1.90. The highest BCUT2D eigenvalue weighted by molar-refractivity contribution is 7.09. The van der Waals surface area contributed by atoms with E-state index in [1.807, 2.05) is 11.3 Å². The summed E-state index contributed by atoms with van der Waals surface area (Å²) in [7, 11) is 0. The highest BCUT2D eigenvalue weighted by Gasteiger charge is 1.89. The van der Waals surface area contributed by atoms with Crippen LogP contribution in [-0.2, 0) is 16.0 Å². The molecule has 0 radical (unpaired) electrons. The molecule has 0 aliphatic carbocycles. The van der Waals surface area contributed by atoms with Gasteiger partial charge in [-0.25, -0.2) is 9.59 Å². The van der Waals surface area contributed by atoms with E-state index in [2.05, 4.69) is 17.5 Å². The Morgan fingerprint density at radius 1 is 1.29 bits per heavy atom. The van der Waals surface area contributed by atoms with Gasteiger partial charge in [0.25, 0.3) is 0 Å². The largest absolute Gasteiger partial charge is 0.478 e. The maximum Gasteiger partial charge on any atom is 0.328 e. The number of hydrogen-bond donors (Lipinski definition) is 3. The Balaban J connectivity index is 0.000000304. The molecule has 17 heavy (non-hydrogen) atoms. The molecule has 6 heteroatoms. The first-order valence-electron chi connectivity index (χ1n) is 4.92. The summed E-state index contributed by atoms with van der Waals surface area (Å²) in [5, 5.41) is 17.7. The topological polar surface area (TPSA) is 101 Å². The van der Waals surface area contributed by atoms with Gasteiger partial charge in [0.05, 0.1) is 0 Å². The number of aryl methyl sites for hydroxylation is 1. The maximum atomic E-state index is 9.55. The summed E-state index contributed by atoms with van der Waals surface area (Å²) in [4.78, 5) is 20.6. The zero-order valence-corrected chi connectivity index (χ0v) is 10.0. The molecule has 0 fully saturated rings. The summed E-state index contributed by atoms with van der Waals surface area (Å²) in [5.74, 6) is -2.51. The van der Waals surface area contributed by atoms with Gasteiger partial charge in [0.1, 0.15) is 0 Å². The molecule has 0 aliphatic heterocycles. The van der Waals surface area contributed by atoms with Gasteiger partial charge in [0, 0.05) is 17.0 Å². The van der Waals surface area contributed by atoms with E-state index in [0.717, 1.165) is 19.4 Å². The number of nitrogens with two attached hydrogens (primary N) is 1. The number of carbonyl (C=O) groups is 2. The average Bonchev–Trinajstić information content (AvgIpc) is 2.77. The predicted molar refractivity (Wildman–Crippen MR) is 66.1 cm³/mol. The van der Waals surface area contributed by atoms with Gasteiger partial charge in [-0.15, -0.1) is 11.3 Å². The second kappa shape index (κ2) is 9.56. The second-order valence-corrected chi connectivity index (χ2v) is 4.01. The molecule has 1 aromatic rings. The van der Waals surface area contributed by atoms with Crippen molar-refractivity contribution >= 4 is 23.3 Å². The number of aliphatic carboxylic acids is 2. The predicted octanol–water partition coefficient (Wildman–Crippen LogP) is 1.35. The van der Waals surface area contributed by atoms with E-state index < -0.39 is 11.9 Å². The van der Waals surface area contributed by atoms with Gasteiger partial charge < -0.3 is 15.9 Å². The van der Waals surface area contributed by atoms with Gasteiger partial charge in [-0.05, 0) is 30.8 Å². The summed E-state index contributed by atoms with van der Waals surface area (Å²) >= 11 is 1.81. The molecule has 0 saturated heterocycles. The fraction of sp³-hybridized carbons (Fsp3) is 0.273. The van der Waals surface area contributed by atoms with Crippen LogP contribution in [0.4, 0.5) is 0 Å². The zero-order chi connectivity index (χ0) is 13.1. The van der Waals surface area contributed by atoms with E-state index in [1.165, 1.54) is 4.88 Å². The Kier molecular flexibility index (Phi) is 8.62. The quantitative estimate of drug-likeness (QED) is 0.691. The lowest BCUT2D eigenvalue weighted by Crippen LogP contribution is -1.98. The van der Waals surface area contributed by atoms with E-state index in [0.29, 0.717) is 12.2 Å². The molecule has 0 saturated carbocycles. The van der Waals surface area contributed by atoms with Crippen LogP contribution in [0.25, 0.3) is 0 Å². The molecule has 1 heterocycles. The summed E-state index contributed by atoms with van der Waals surface area (Å²) in [6, 6.07) is 4.23. The smallest absolute Gasteiger partial charge is 0.328 e. The highest BCUT2D eigenvalue weighted by atomic mass is 32.1. The molecule has 0 atom stereocenters. The van der Waals surface area contributed by atoms with Gasteiger partial charge in [0.2, 0.25) is 0 Å². The third kappa shape index (κ3) is 10.6. The number of rotatable bonds is 5. The van der Waals surface area contributed by atoms with Crippen LogP contribution in [0.3, 0.4) is 0 Å². The van der Waals surface area contributed by atoms with E-state index in [1.54, 1.807) is 0 Å². The number of hydrogen-bond acceptors (Lipinski definition) is 4. The fourth-order valence-corrected chi connectivity index (χ4v) is 1.62. The van der Waals surface area contributed by atoms with Gasteiger partial charge in [-0.3, -0.25) is 0 Å². The maximum absolute atomic E-state index is 9.55. The van der Waals surface area contributed by atoms with E-state index >= 15 is 0 Å². The van der Waals surface area contributed by atoms with Crippen molar-refractivity contribution in [2.75, 3.05) is 6.54 Å². The molecular formula is C11H15NO4S. The van der Waals surface area contributed by atoms with Crippen molar-refractivity contribution in [3.63, 3.8) is 0 Å². The van der Waals surface area contributed by atoms with Crippen molar-refractivity contribution in [2.45, 2.75) is 12.8 Å². The molecule has 94 valence electrons. The van der Waals surface area contributed by atoms with Crippen LogP contribution in [0.5, 0.6) is 0 Å². The van der Waals surface area contributed by atoms with Crippen molar-refractivity contribution < 1.29 is 19.8 Å². The van der Waals surface area contributed by atoms with Crippen molar-refractivity contribution in [2.24, 2.45) is 5.73 Å². The summed E-state index contributed by atoms with van der Waals surface area (Å²) < 4.78 is 0. The van der Waals surface area contributed by atoms with Gasteiger partial charge in [-0.2, -0.15) is 0 Å². The monoisotopic (exact) mass is 257 g/mol. The first-order valence-corrected chi connectivity index (χ1v) is 5.80. The van der Waals surface area contributed by atoms with Crippen molar-refractivity contribution in [3.05, 3.63) is 34.5 Å². The Hall–Kier alpha value is -1.66. The molecule has 0 unspecified atom stereocenters. The van der Waals surface area contributed by atoms with E-state index in [-0.39, 0.29) is 0 Å². The van der Waals surface area contributed by atoms with Crippen molar-refractivity contribution in [1.82, 2.24) is 0 Å². The molecule has 4 N–H and O–H groups in total. The van der Waals surface area contributed by atoms with Crippen LogP contribution in [0.1, 0.15) is 11.3 Å². The average molecular weight is 257 g/mol.